The number of hydrogen-bond donors (Lipinski definition) is 1. The summed E-state index contributed by atoms with van der Waals surface area (Å²) in [4.78, 5) is 6.79. The molecule has 2 heterocycles. The van der Waals surface area contributed by atoms with Gasteiger partial charge in [0.15, 0.2) is 5.58 Å². The molecule has 5 nitrogen and oxygen atoms in total. The second kappa shape index (κ2) is 10.9. The van der Waals surface area contributed by atoms with Crippen LogP contribution in [0.4, 0.5) is 0 Å². The molecular formula is C20H24Cl3N3O2. The molecule has 1 aliphatic heterocycles. The molecular weight excluding hydrogens is 421 g/mol. The van der Waals surface area contributed by atoms with E-state index in [4.69, 9.17) is 20.8 Å². The fourth-order valence-corrected chi connectivity index (χ4v) is 3.30. The predicted molar refractivity (Wildman–Crippen MR) is 117 cm³/mol. The number of nitrogens with one attached hydrogen (secondary N) is 1. The Morgan fingerprint density at radius 2 is 1.75 bits per heavy atom. The average Bonchev–Trinajstić information content (AvgIpc) is 3.06. The maximum absolute atomic E-state index is 5.95. The molecule has 1 saturated heterocycles. The van der Waals surface area contributed by atoms with Gasteiger partial charge in [0, 0.05) is 50.2 Å². The minimum Gasteiger partial charge on any atom is -0.450 e. The van der Waals surface area contributed by atoms with Crippen molar-refractivity contribution >= 4 is 47.5 Å². The molecule has 152 valence electrons. The standard InChI is InChI=1S/C20H22ClN3O2.2ClH/c21-17-5-6-18-19(13-17)26-20(23-18)25-12-7-15-1-3-16(4-2-15)14-24-10-8-22-9-11-24;;/h1-6,13,22H,7-12,14H2;2*1H. The Labute approximate surface area is 182 Å². The quantitative estimate of drug-likeness (QED) is 0.612. The van der Waals surface area contributed by atoms with E-state index in [0.717, 1.165) is 44.7 Å². The van der Waals surface area contributed by atoms with Gasteiger partial charge in [-0.2, -0.15) is 4.98 Å². The second-order valence-corrected chi connectivity index (χ2v) is 6.97. The summed E-state index contributed by atoms with van der Waals surface area (Å²) < 4.78 is 11.2. The predicted octanol–water partition coefficient (Wildman–Crippen LogP) is 4.35. The molecule has 0 spiro atoms. The van der Waals surface area contributed by atoms with Gasteiger partial charge in [-0.3, -0.25) is 4.90 Å². The number of fused-ring (bicyclic) bond motifs is 1. The minimum atomic E-state index is 0. The lowest BCUT2D eigenvalue weighted by Gasteiger charge is -2.27. The lowest BCUT2D eigenvalue weighted by Crippen LogP contribution is -2.42. The molecule has 1 aromatic heterocycles. The molecule has 2 aromatic carbocycles. The van der Waals surface area contributed by atoms with Crippen LogP contribution in [0.5, 0.6) is 6.08 Å². The van der Waals surface area contributed by atoms with Crippen molar-refractivity contribution in [2.24, 2.45) is 0 Å². The molecule has 1 N–H and O–H groups in total. The summed E-state index contributed by atoms with van der Waals surface area (Å²) in [5, 5.41) is 4.01. The van der Waals surface area contributed by atoms with Crippen LogP contribution in [-0.4, -0.2) is 42.7 Å². The number of oxazole rings is 1. The van der Waals surface area contributed by atoms with E-state index in [1.54, 1.807) is 12.1 Å². The number of halogens is 3. The summed E-state index contributed by atoms with van der Waals surface area (Å²) in [6.45, 7) is 5.94. The number of hydrogen-bond acceptors (Lipinski definition) is 5. The van der Waals surface area contributed by atoms with Crippen LogP contribution in [0.25, 0.3) is 11.1 Å². The third-order valence-electron chi connectivity index (χ3n) is 4.59. The normalized spacial score (nSPS) is 14.3. The highest BCUT2D eigenvalue weighted by molar-refractivity contribution is 6.31. The Bertz CT molecular complexity index is 865. The van der Waals surface area contributed by atoms with Gasteiger partial charge >= 0.3 is 6.08 Å². The Morgan fingerprint density at radius 3 is 2.50 bits per heavy atom. The molecule has 0 bridgehead atoms. The van der Waals surface area contributed by atoms with Crippen molar-refractivity contribution in [1.82, 2.24) is 15.2 Å². The van der Waals surface area contributed by atoms with E-state index in [1.807, 2.05) is 6.07 Å². The van der Waals surface area contributed by atoms with Gasteiger partial charge in [-0.25, -0.2) is 0 Å². The Balaban J connectivity index is 0.00000140. The summed E-state index contributed by atoms with van der Waals surface area (Å²) >= 11 is 5.95. The zero-order valence-corrected chi connectivity index (χ0v) is 17.8. The molecule has 0 aliphatic carbocycles. The van der Waals surface area contributed by atoms with Gasteiger partial charge in [0.05, 0.1) is 6.61 Å². The first kappa shape index (κ1) is 22.8. The zero-order valence-electron chi connectivity index (χ0n) is 15.4. The molecule has 8 heteroatoms. The molecule has 0 unspecified atom stereocenters. The van der Waals surface area contributed by atoms with E-state index in [1.165, 1.54) is 11.1 Å². The van der Waals surface area contributed by atoms with Gasteiger partial charge in [0.25, 0.3) is 0 Å². The third-order valence-corrected chi connectivity index (χ3v) is 4.82. The van der Waals surface area contributed by atoms with Gasteiger partial charge < -0.3 is 14.5 Å². The van der Waals surface area contributed by atoms with Crippen LogP contribution in [0.3, 0.4) is 0 Å². The van der Waals surface area contributed by atoms with Gasteiger partial charge in [0.1, 0.15) is 5.52 Å². The van der Waals surface area contributed by atoms with Crippen LogP contribution >= 0.6 is 36.4 Å². The van der Waals surface area contributed by atoms with E-state index in [0.29, 0.717) is 17.2 Å². The van der Waals surface area contributed by atoms with Gasteiger partial charge in [-0.1, -0.05) is 35.9 Å². The summed E-state index contributed by atoms with van der Waals surface area (Å²) in [6.07, 6.45) is 1.10. The van der Waals surface area contributed by atoms with Crippen LogP contribution in [-0.2, 0) is 13.0 Å². The van der Waals surface area contributed by atoms with Gasteiger partial charge in [-0.05, 0) is 23.3 Å². The smallest absolute Gasteiger partial charge is 0.394 e. The molecule has 28 heavy (non-hydrogen) atoms. The molecule has 0 amide bonds. The number of benzene rings is 2. The van der Waals surface area contributed by atoms with Crippen molar-refractivity contribution in [3.63, 3.8) is 0 Å². The highest BCUT2D eigenvalue weighted by Crippen LogP contribution is 2.23. The van der Waals surface area contributed by atoms with E-state index < -0.39 is 0 Å². The van der Waals surface area contributed by atoms with Crippen LogP contribution in [0.15, 0.2) is 46.9 Å². The fourth-order valence-electron chi connectivity index (χ4n) is 3.13. The Kier molecular flexibility index (Phi) is 8.86. The number of ether oxygens (including phenoxy) is 1. The van der Waals surface area contributed by atoms with E-state index in [9.17, 15) is 0 Å². The minimum absolute atomic E-state index is 0. The van der Waals surface area contributed by atoms with Crippen molar-refractivity contribution in [3.8, 4) is 6.08 Å². The van der Waals surface area contributed by atoms with Crippen LogP contribution < -0.4 is 10.1 Å². The van der Waals surface area contributed by atoms with Gasteiger partial charge in [-0.15, -0.1) is 24.8 Å². The first-order valence-corrected chi connectivity index (χ1v) is 9.34. The largest absolute Gasteiger partial charge is 0.450 e. The molecule has 0 atom stereocenters. The van der Waals surface area contributed by atoms with Crippen molar-refractivity contribution in [3.05, 3.63) is 58.6 Å². The molecule has 1 fully saturated rings. The summed E-state index contributed by atoms with van der Waals surface area (Å²) in [7, 11) is 0. The zero-order chi connectivity index (χ0) is 17.8. The van der Waals surface area contributed by atoms with Crippen LogP contribution in [0, 0.1) is 0 Å². The number of rotatable bonds is 6. The van der Waals surface area contributed by atoms with Crippen molar-refractivity contribution in [1.29, 1.82) is 0 Å². The van der Waals surface area contributed by atoms with Gasteiger partial charge in [0.2, 0.25) is 0 Å². The average molecular weight is 445 g/mol. The Hall–Kier alpha value is -1.50. The fraction of sp³-hybridized carbons (Fsp3) is 0.350. The van der Waals surface area contributed by atoms with E-state index in [2.05, 4.69) is 39.5 Å². The number of aromatic nitrogens is 1. The first-order valence-electron chi connectivity index (χ1n) is 8.96. The molecule has 3 aromatic rings. The molecule has 0 radical (unpaired) electrons. The maximum atomic E-state index is 5.95. The maximum Gasteiger partial charge on any atom is 0.394 e. The lowest BCUT2D eigenvalue weighted by atomic mass is 10.1. The highest BCUT2D eigenvalue weighted by atomic mass is 35.5. The third kappa shape index (κ3) is 6.00. The van der Waals surface area contributed by atoms with Crippen LogP contribution in [0.2, 0.25) is 5.02 Å². The molecule has 1 aliphatic rings. The summed E-state index contributed by atoms with van der Waals surface area (Å²) in [5.74, 6) is 0. The Morgan fingerprint density at radius 1 is 1.04 bits per heavy atom. The molecule has 0 saturated carbocycles. The summed E-state index contributed by atoms with van der Waals surface area (Å²) in [5.41, 5.74) is 3.99. The van der Waals surface area contributed by atoms with E-state index in [-0.39, 0.29) is 30.9 Å². The lowest BCUT2D eigenvalue weighted by molar-refractivity contribution is 0.233. The van der Waals surface area contributed by atoms with Crippen molar-refractivity contribution in [2.75, 3.05) is 32.8 Å². The number of nitrogens with zero attached hydrogens (tertiary/aromatic N) is 2. The van der Waals surface area contributed by atoms with Crippen molar-refractivity contribution < 1.29 is 9.15 Å². The highest BCUT2D eigenvalue weighted by Gasteiger charge is 2.10. The second-order valence-electron chi connectivity index (χ2n) is 6.53. The monoisotopic (exact) mass is 443 g/mol. The first-order chi connectivity index (χ1) is 12.8. The summed E-state index contributed by atoms with van der Waals surface area (Å²) in [6, 6.07) is 14.1. The van der Waals surface area contributed by atoms with Crippen LogP contribution in [0.1, 0.15) is 11.1 Å². The number of piperazine rings is 1. The van der Waals surface area contributed by atoms with E-state index >= 15 is 0 Å². The molecule has 4 rings (SSSR count). The SMILES string of the molecule is Cl.Cl.Clc1ccc2nc(OCCc3ccc(CN4CCNCC4)cc3)oc2c1. The van der Waals surface area contributed by atoms with Crippen molar-refractivity contribution in [2.45, 2.75) is 13.0 Å². The topological polar surface area (TPSA) is 50.5 Å².